The summed E-state index contributed by atoms with van der Waals surface area (Å²) in [5.74, 6) is 0.537. The first-order valence-corrected chi connectivity index (χ1v) is 5.44. The van der Waals surface area contributed by atoms with Gasteiger partial charge in [0.25, 0.3) is 0 Å². The van der Waals surface area contributed by atoms with Crippen LogP contribution in [0.1, 0.15) is 23.7 Å². The average Bonchev–Trinajstić information content (AvgIpc) is 2.59. The molecule has 0 spiro atoms. The van der Waals surface area contributed by atoms with Gasteiger partial charge < -0.3 is 5.73 Å². The van der Waals surface area contributed by atoms with Crippen molar-refractivity contribution in [3.05, 3.63) is 41.1 Å². The minimum atomic E-state index is 0.537. The van der Waals surface area contributed by atoms with Gasteiger partial charge in [-0.25, -0.2) is 4.68 Å². The van der Waals surface area contributed by atoms with E-state index >= 15 is 0 Å². The number of aromatic nitrogens is 3. The van der Waals surface area contributed by atoms with E-state index in [9.17, 15) is 0 Å². The van der Waals surface area contributed by atoms with Crippen molar-refractivity contribution < 1.29 is 0 Å². The Morgan fingerprint density at radius 3 is 2.88 bits per heavy atom. The molecule has 2 N–H and O–H groups in total. The van der Waals surface area contributed by atoms with Gasteiger partial charge in [0.1, 0.15) is 0 Å². The fraction of sp³-hybridized carbons (Fsp3) is 0.333. The summed E-state index contributed by atoms with van der Waals surface area (Å²) in [6, 6.07) is 8.37. The van der Waals surface area contributed by atoms with E-state index in [2.05, 4.69) is 48.4 Å². The third kappa shape index (κ3) is 2.05. The maximum atomic E-state index is 5.74. The Balaban J connectivity index is 2.27. The van der Waals surface area contributed by atoms with Gasteiger partial charge in [-0.05, 0) is 18.9 Å². The molecule has 0 amide bonds. The van der Waals surface area contributed by atoms with Crippen LogP contribution in [0.15, 0.2) is 24.3 Å². The maximum absolute atomic E-state index is 5.74. The molecule has 4 nitrogen and oxygen atoms in total. The molecule has 84 valence electrons. The molecule has 16 heavy (non-hydrogen) atoms. The smallest absolute Gasteiger partial charge is 0.169 e. The quantitative estimate of drug-likeness (QED) is 0.850. The van der Waals surface area contributed by atoms with Crippen LogP contribution in [0.3, 0.4) is 0 Å². The van der Waals surface area contributed by atoms with Crippen molar-refractivity contribution in [2.24, 2.45) is 0 Å². The topological polar surface area (TPSA) is 56.7 Å². The van der Waals surface area contributed by atoms with Crippen LogP contribution >= 0.6 is 0 Å². The van der Waals surface area contributed by atoms with Gasteiger partial charge >= 0.3 is 0 Å². The van der Waals surface area contributed by atoms with E-state index in [1.807, 2.05) is 4.68 Å². The summed E-state index contributed by atoms with van der Waals surface area (Å²) in [6.07, 6.45) is 0.852. The minimum absolute atomic E-state index is 0.537. The molecule has 2 aromatic rings. The van der Waals surface area contributed by atoms with E-state index in [0.29, 0.717) is 5.82 Å². The van der Waals surface area contributed by atoms with Gasteiger partial charge in [0.15, 0.2) is 5.82 Å². The summed E-state index contributed by atoms with van der Waals surface area (Å²) in [5, 5.41) is 7.95. The molecule has 0 saturated heterocycles. The van der Waals surface area contributed by atoms with Crippen LogP contribution in [0.5, 0.6) is 0 Å². The molecule has 0 saturated carbocycles. The molecule has 0 aliphatic heterocycles. The second kappa shape index (κ2) is 4.35. The number of rotatable bonds is 3. The van der Waals surface area contributed by atoms with Gasteiger partial charge in [-0.15, -0.1) is 5.10 Å². The molecule has 1 heterocycles. The molecule has 0 unspecified atom stereocenters. The number of hydrogen-bond donors (Lipinski definition) is 1. The molecular formula is C12H16N4. The van der Waals surface area contributed by atoms with Crippen LogP contribution in [0.25, 0.3) is 0 Å². The van der Waals surface area contributed by atoms with E-state index in [4.69, 9.17) is 5.73 Å². The van der Waals surface area contributed by atoms with Crippen molar-refractivity contribution in [1.29, 1.82) is 0 Å². The highest BCUT2D eigenvalue weighted by Gasteiger charge is 2.07. The first kappa shape index (κ1) is 10.7. The monoisotopic (exact) mass is 216 g/mol. The predicted molar refractivity (Wildman–Crippen MR) is 64.1 cm³/mol. The number of benzene rings is 1. The molecule has 0 radical (unpaired) electrons. The van der Waals surface area contributed by atoms with Crippen LogP contribution in [0.4, 0.5) is 5.82 Å². The zero-order chi connectivity index (χ0) is 11.5. The van der Waals surface area contributed by atoms with Crippen molar-refractivity contribution in [2.75, 3.05) is 5.73 Å². The van der Waals surface area contributed by atoms with Crippen LogP contribution < -0.4 is 5.73 Å². The molecule has 1 aromatic carbocycles. The first-order chi connectivity index (χ1) is 7.70. The number of anilines is 1. The first-order valence-electron chi connectivity index (χ1n) is 5.44. The van der Waals surface area contributed by atoms with Crippen molar-refractivity contribution in [3.8, 4) is 0 Å². The molecular weight excluding hydrogens is 200 g/mol. The fourth-order valence-electron chi connectivity index (χ4n) is 1.82. The lowest BCUT2D eigenvalue weighted by molar-refractivity contribution is 0.622. The lowest BCUT2D eigenvalue weighted by atomic mass is 10.1. The largest absolute Gasteiger partial charge is 0.381 e. The summed E-state index contributed by atoms with van der Waals surface area (Å²) in [6.45, 7) is 4.87. The Bertz CT molecular complexity index is 488. The van der Waals surface area contributed by atoms with E-state index in [-0.39, 0.29) is 0 Å². The Morgan fingerprint density at radius 1 is 1.38 bits per heavy atom. The molecule has 0 aliphatic carbocycles. The third-order valence-electron chi connectivity index (χ3n) is 2.62. The summed E-state index contributed by atoms with van der Waals surface area (Å²) < 4.78 is 1.87. The summed E-state index contributed by atoms with van der Waals surface area (Å²) in [7, 11) is 0. The summed E-state index contributed by atoms with van der Waals surface area (Å²) >= 11 is 0. The van der Waals surface area contributed by atoms with Gasteiger partial charge in [0.05, 0.1) is 12.2 Å². The van der Waals surface area contributed by atoms with Crippen molar-refractivity contribution in [3.63, 3.8) is 0 Å². The van der Waals surface area contributed by atoms with Gasteiger partial charge in [0.2, 0.25) is 0 Å². The standard InChI is InChI=1S/C12H16N4/c1-3-11-12(13)14-15-16(11)8-10-6-4-5-9(2)7-10/h4-7H,3,8,13H2,1-2H3. The fourth-order valence-corrected chi connectivity index (χ4v) is 1.82. The van der Waals surface area contributed by atoms with Crippen LogP contribution in [0, 0.1) is 6.92 Å². The Morgan fingerprint density at radius 2 is 2.19 bits per heavy atom. The number of aryl methyl sites for hydroxylation is 1. The molecule has 0 atom stereocenters. The zero-order valence-corrected chi connectivity index (χ0v) is 9.64. The highest BCUT2D eigenvalue weighted by molar-refractivity contribution is 5.33. The summed E-state index contributed by atoms with van der Waals surface area (Å²) in [5.41, 5.74) is 9.22. The third-order valence-corrected chi connectivity index (χ3v) is 2.62. The van der Waals surface area contributed by atoms with E-state index in [1.54, 1.807) is 0 Å². The summed E-state index contributed by atoms with van der Waals surface area (Å²) in [4.78, 5) is 0. The SMILES string of the molecule is CCc1c(N)nnn1Cc1cccc(C)c1. The van der Waals surface area contributed by atoms with Crippen molar-refractivity contribution >= 4 is 5.82 Å². The van der Waals surface area contributed by atoms with Gasteiger partial charge in [-0.3, -0.25) is 0 Å². The highest BCUT2D eigenvalue weighted by atomic mass is 15.4. The maximum Gasteiger partial charge on any atom is 0.169 e. The van der Waals surface area contributed by atoms with Crippen molar-refractivity contribution in [2.45, 2.75) is 26.8 Å². The molecule has 0 fully saturated rings. The Labute approximate surface area is 95.1 Å². The Hall–Kier alpha value is -1.84. The predicted octanol–water partition coefficient (Wildman–Crippen LogP) is 1.78. The molecule has 2 rings (SSSR count). The molecule has 1 aromatic heterocycles. The number of hydrogen-bond acceptors (Lipinski definition) is 3. The Kier molecular flexibility index (Phi) is 2.90. The van der Waals surface area contributed by atoms with Gasteiger partial charge in [0, 0.05) is 0 Å². The van der Waals surface area contributed by atoms with E-state index in [1.165, 1.54) is 11.1 Å². The van der Waals surface area contributed by atoms with Crippen LogP contribution in [-0.4, -0.2) is 15.0 Å². The molecule has 4 heteroatoms. The number of nitrogen functional groups attached to an aromatic ring is 1. The molecule has 0 bridgehead atoms. The minimum Gasteiger partial charge on any atom is -0.381 e. The van der Waals surface area contributed by atoms with Crippen LogP contribution in [-0.2, 0) is 13.0 Å². The van der Waals surface area contributed by atoms with Gasteiger partial charge in [-0.2, -0.15) is 0 Å². The highest BCUT2D eigenvalue weighted by Crippen LogP contribution is 2.11. The zero-order valence-electron chi connectivity index (χ0n) is 9.64. The lowest BCUT2D eigenvalue weighted by Crippen LogP contribution is -2.06. The molecule has 0 aliphatic rings. The van der Waals surface area contributed by atoms with Crippen molar-refractivity contribution in [1.82, 2.24) is 15.0 Å². The second-order valence-corrected chi connectivity index (χ2v) is 3.92. The second-order valence-electron chi connectivity index (χ2n) is 3.92. The average molecular weight is 216 g/mol. The normalized spacial score (nSPS) is 10.6. The van der Waals surface area contributed by atoms with Crippen LogP contribution in [0.2, 0.25) is 0 Å². The van der Waals surface area contributed by atoms with E-state index in [0.717, 1.165) is 18.7 Å². The van der Waals surface area contributed by atoms with Gasteiger partial charge in [-0.1, -0.05) is 42.0 Å². The number of nitrogens with zero attached hydrogens (tertiary/aromatic N) is 3. The lowest BCUT2D eigenvalue weighted by Gasteiger charge is -2.05. The van der Waals surface area contributed by atoms with E-state index < -0.39 is 0 Å². The number of nitrogens with two attached hydrogens (primary N) is 1.